The van der Waals surface area contributed by atoms with Gasteiger partial charge in [0.1, 0.15) is 12.3 Å². The van der Waals surface area contributed by atoms with Crippen molar-refractivity contribution in [3.63, 3.8) is 0 Å². The monoisotopic (exact) mass is 310 g/mol. The molecule has 7 heteroatoms. The number of hydrogen-bond acceptors (Lipinski definition) is 5. The van der Waals surface area contributed by atoms with E-state index in [9.17, 15) is 4.79 Å². The normalized spacial score (nSPS) is 23.2. The SMILES string of the molecule is CCC(C)OCC(=O)N[C@H]1CCCC[C@H]1n1cc(CO)nn1. The van der Waals surface area contributed by atoms with Crippen LogP contribution >= 0.6 is 0 Å². The molecule has 1 unspecified atom stereocenters. The molecule has 0 aromatic carbocycles. The second-order valence-electron chi connectivity index (χ2n) is 5.90. The molecule has 0 radical (unpaired) electrons. The summed E-state index contributed by atoms with van der Waals surface area (Å²) in [6.45, 7) is 3.97. The minimum Gasteiger partial charge on any atom is -0.390 e. The number of amides is 1. The van der Waals surface area contributed by atoms with Crippen molar-refractivity contribution in [1.82, 2.24) is 20.3 Å². The second kappa shape index (κ2) is 8.24. The molecule has 0 aliphatic heterocycles. The van der Waals surface area contributed by atoms with E-state index in [2.05, 4.69) is 15.6 Å². The van der Waals surface area contributed by atoms with Crippen molar-refractivity contribution >= 4 is 5.91 Å². The largest absolute Gasteiger partial charge is 0.390 e. The molecule has 1 aromatic heterocycles. The molecule has 1 aliphatic carbocycles. The summed E-state index contributed by atoms with van der Waals surface area (Å²) >= 11 is 0. The highest BCUT2D eigenvalue weighted by Gasteiger charge is 2.29. The third kappa shape index (κ3) is 4.51. The zero-order valence-corrected chi connectivity index (χ0v) is 13.4. The van der Waals surface area contributed by atoms with Crippen LogP contribution in [0.15, 0.2) is 6.20 Å². The van der Waals surface area contributed by atoms with E-state index < -0.39 is 0 Å². The van der Waals surface area contributed by atoms with Gasteiger partial charge in [0, 0.05) is 0 Å². The van der Waals surface area contributed by atoms with Crippen molar-refractivity contribution in [3.05, 3.63) is 11.9 Å². The molecular formula is C15H26N4O3. The van der Waals surface area contributed by atoms with E-state index in [1.54, 1.807) is 10.9 Å². The van der Waals surface area contributed by atoms with Crippen molar-refractivity contribution in [2.45, 2.75) is 70.7 Å². The standard InChI is InChI=1S/C15H26N4O3/c1-3-11(2)22-10-15(21)16-13-6-4-5-7-14(13)19-8-12(9-20)17-18-19/h8,11,13-14,20H,3-7,9-10H2,1-2H3,(H,16,21)/t11?,13-,14+/m0/s1. The first-order valence-electron chi connectivity index (χ1n) is 8.06. The summed E-state index contributed by atoms with van der Waals surface area (Å²) in [6, 6.07) is 0.129. The molecule has 0 saturated heterocycles. The van der Waals surface area contributed by atoms with E-state index >= 15 is 0 Å². The fourth-order valence-electron chi connectivity index (χ4n) is 2.73. The Kier molecular flexibility index (Phi) is 6.33. The average molecular weight is 310 g/mol. The topological polar surface area (TPSA) is 89.3 Å². The highest BCUT2D eigenvalue weighted by Crippen LogP contribution is 2.28. The van der Waals surface area contributed by atoms with Gasteiger partial charge in [-0.15, -0.1) is 5.10 Å². The van der Waals surface area contributed by atoms with Crippen molar-refractivity contribution in [3.8, 4) is 0 Å². The molecule has 1 aliphatic rings. The molecule has 1 amide bonds. The van der Waals surface area contributed by atoms with Gasteiger partial charge in [0.05, 0.1) is 31.0 Å². The minimum atomic E-state index is -0.119. The zero-order chi connectivity index (χ0) is 15.9. The lowest BCUT2D eigenvalue weighted by Gasteiger charge is -2.32. The summed E-state index contributed by atoms with van der Waals surface area (Å²) in [5, 5.41) is 20.2. The van der Waals surface area contributed by atoms with Crippen LogP contribution in [0, 0.1) is 0 Å². The van der Waals surface area contributed by atoms with Gasteiger partial charge in [0.2, 0.25) is 5.91 Å². The van der Waals surface area contributed by atoms with Crippen molar-refractivity contribution < 1.29 is 14.6 Å². The van der Waals surface area contributed by atoms with Crippen LogP contribution in [0.3, 0.4) is 0 Å². The molecule has 124 valence electrons. The van der Waals surface area contributed by atoms with Gasteiger partial charge in [-0.2, -0.15) is 0 Å². The van der Waals surface area contributed by atoms with E-state index in [0.717, 1.165) is 32.1 Å². The van der Waals surface area contributed by atoms with E-state index in [4.69, 9.17) is 9.84 Å². The maximum Gasteiger partial charge on any atom is 0.246 e. The average Bonchev–Trinajstić information content (AvgIpc) is 3.02. The molecule has 2 rings (SSSR count). The number of carbonyl (C=O) groups excluding carboxylic acids is 1. The summed E-state index contributed by atoms with van der Waals surface area (Å²) in [4.78, 5) is 12.0. The third-order valence-corrected chi connectivity index (χ3v) is 4.21. The molecule has 0 spiro atoms. The highest BCUT2D eigenvalue weighted by molar-refractivity contribution is 5.77. The fourth-order valence-corrected chi connectivity index (χ4v) is 2.73. The van der Waals surface area contributed by atoms with Crippen LogP contribution in [-0.2, 0) is 16.1 Å². The minimum absolute atomic E-state index is 0.0371. The van der Waals surface area contributed by atoms with Crippen LogP contribution in [0.4, 0.5) is 0 Å². The highest BCUT2D eigenvalue weighted by atomic mass is 16.5. The van der Waals surface area contributed by atoms with Crippen LogP contribution in [-0.4, -0.2) is 44.8 Å². The molecular weight excluding hydrogens is 284 g/mol. The van der Waals surface area contributed by atoms with Crippen LogP contribution < -0.4 is 5.32 Å². The molecule has 2 N–H and O–H groups in total. The van der Waals surface area contributed by atoms with Gasteiger partial charge < -0.3 is 15.2 Å². The Labute approximate surface area is 131 Å². The van der Waals surface area contributed by atoms with E-state index in [-0.39, 0.29) is 37.3 Å². The van der Waals surface area contributed by atoms with Crippen LogP contribution in [0.2, 0.25) is 0 Å². The summed E-state index contributed by atoms with van der Waals surface area (Å²) in [5.41, 5.74) is 0.552. The number of hydrogen-bond donors (Lipinski definition) is 2. The van der Waals surface area contributed by atoms with Gasteiger partial charge in [0.25, 0.3) is 0 Å². The van der Waals surface area contributed by atoms with Gasteiger partial charge in [0.15, 0.2) is 0 Å². The number of aliphatic hydroxyl groups is 1. The molecule has 1 fully saturated rings. The summed E-state index contributed by atoms with van der Waals surface area (Å²) in [7, 11) is 0. The molecule has 7 nitrogen and oxygen atoms in total. The van der Waals surface area contributed by atoms with Gasteiger partial charge in [-0.1, -0.05) is 25.0 Å². The summed E-state index contributed by atoms with van der Waals surface area (Å²) in [5.74, 6) is -0.0836. The first-order valence-corrected chi connectivity index (χ1v) is 8.06. The Hall–Kier alpha value is -1.47. The number of carbonyl (C=O) groups is 1. The van der Waals surface area contributed by atoms with Gasteiger partial charge in [-0.3, -0.25) is 4.79 Å². The molecule has 3 atom stereocenters. The summed E-state index contributed by atoms with van der Waals surface area (Å²) in [6.07, 6.45) is 6.81. The Bertz CT molecular complexity index is 477. The van der Waals surface area contributed by atoms with E-state index in [0.29, 0.717) is 5.69 Å². The van der Waals surface area contributed by atoms with Crippen LogP contribution in [0.25, 0.3) is 0 Å². The Morgan fingerprint density at radius 2 is 2.32 bits per heavy atom. The van der Waals surface area contributed by atoms with Crippen molar-refractivity contribution in [2.75, 3.05) is 6.61 Å². The predicted molar refractivity (Wildman–Crippen MR) is 81.1 cm³/mol. The molecule has 0 bridgehead atoms. The van der Waals surface area contributed by atoms with Crippen LogP contribution in [0.5, 0.6) is 0 Å². The number of ether oxygens (including phenoxy) is 1. The van der Waals surface area contributed by atoms with Gasteiger partial charge in [-0.25, -0.2) is 4.68 Å². The predicted octanol–water partition coefficient (Wildman–Crippen LogP) is 1.19. The van der Waals surface area contributed by atoms with Gasteiger partial charge in [-0.05, 0) is 26.2 Å². The molecule has 22 heavy (non-hydrogen) atoms. The van der Waals surface area contributed by atoms with E-state index in [1.807, 2.05) is 13.8 Å². The zero-order valence-electron chi connectivity index (χ0n) is 13.4. The fraction of sp³-hybridized carbons (Fsp3) is 0.800. The Morgan fingerprint density at radius 1 is 1.55 bits per heavy atom. The van der Waals surface area contributed by atoms with Crippen molar-refractivity contribution in [2.24, 2.45) is 0 Å². The number of nitrogens with one attached hydrogen (secondary N) is 1. The lowest BCUT2D eigenvalue weighted by molar-refractivity contribution is -0.128. The maximum absolute atomic E-state index is 12.0. The molecule has 1 aromatic rings. The third-order valence-electron chi connectivity index (χ3n) is 4.21. The first kappa shape index (κ1) is 16.9. The van der Waals surface area contributed by atoms with E-state index in [1.165, 1.54) is 0 Å². The Morgan fingerprint density at radius 3 is 3.00 bits per heavy atom. The summed E-state index contributed by atoms with van der Waals surface area (Å²) < 4.78 is 7.25. The Balaban J connectivity index is 1.93. The quantitative estimate of drug-likeness (QED) is 0.789. The smallest absolute Gasteiger partial charge is 0.246 e. The number of aliphatic hydroxyl groups excluding tert-OH is 1. The van der Waals surface area contributed by atoms with Crippen LogP contribution in [0.1, 0.15) is 57.7 Å². The van der Waals surface area contributed by atoms with Crippen molar-refractivity contribution in [1.29, 1.82) is 0 Å². The first-order chi connectivity index (χ1) is 10.6. The molecule has 1 heterocycles. The second-order valence-corrected chi connectivity index (χ2v) is 5.90. The number of aromatic nitrogens is 3. The number of rotatable bonds is 7. The molecule has 1 saturated carbocycles. The van der Waals surface area contributed by atoms with Gasteiger partial charge >= 0.3 is 0 Å². The maximum atomic E-state index is 12.0. The lowest BCUT2D eigenvalue weighted by atomic mass is 9.90. The lowest BCUT2D eigenvalue weighted by Crippen LogP contribution is -2.44. The number of nitrogens with zero attached hydrogens (tertiary/aromatic N) is 3.